The molecule has 0 radical (unpaired) electrons. The third-order valence-corrected chi connectivity index (χ3v) is 6.19. The van der Waals surface area contributed by atoms with Crippen molar-refractivity contribution in [3.8, 4) is 11.6 Å². The molecule has 2 heterocycles. The van der Waals surface area contributed by atoms with E-state index in [1.54, 1.807) is 25.3 Å². The Hall–Kier alpha value is -4.09. The Bertz CT molecular complexity index is 1470. The van der Waals surface area contributed by atoms with E-state index < -0.39 is 29.2 Å². The molecule has 1 N–H and O–H groups in total. The lowest BCUT2D eigenvalue weighted by atomic mass is 10.1. The Balaban J connectivity index is 0.00000102. The predicted octanol–water partition coefficient (Wildman–Crippen LogP) is 6.48. The van der Waals surface area contributed by atoms with Crippen molar-refractivity contribution in [2.75, 3.05) is 0 Å². The standard InChI is InChI=1S/C25H20F5N3O.HNO2/c1-13-8-16-10-21(31-11-17(16)9-13)34-12-15-4-3-5-20(14(15)2)33-23-19(7-6-18(26)22(23)27)32-24(33)25(28,29)30;2-1-3/h3-7,10-11,13H,8-9,12H2,1-2H3;(H,2,3). The highest BCUT2D eigenvalue weighted by molar-refractivity contribution is 5.80. The Labute approximate surface area is 207 Å². The van der Waals surface area contributed by atoms with Gasteiger partial charge in [0.25, 0.3) is 0 Å². The number of hydrogen-bond donors (Lipinski definition) is 1. The van der Waals surface area contributed by atoms with Gasteiger partial charge in [-0.05, 0) is 66.1 Å². The van der Waals surface area contributed by atoms with Gasteiger partial charge in [0.05, 0.1) is 11.2 Å². The molecule has 2 aromatic heterocycles. The average molecular weight is 520 g/mol. The van der Waals surface area contributed by atoms with Crippen molar-refractivity contribution in [2.45, 2.75) is 39.5 Å². The topological polar surface area (TPSA) is 89.6 Å². The van der Waals surface area contributed by atoms with Gasteiger partial charge in [0.1, 0.15) is 12.1 Å². The van der Waals surface area contributed by atoms with Gasteiger partial charge < -0.3 is 9.94 Å². The Morgan fingerprint density at radius 1 is 1.16 bits per heavy atom. The molecule has 1 aliphatic rings. The molecule has 12 heteroatoms. The molecule has 2 aromatic carbocycles. The summed E-state index contributed by atoms with van der Waals surface area (Å²) < 4.78 is 76.5. The highest BCUT2D eigenvalue weighted by atomic mass is 19.4. The first kappa shape index (κ1) is 26.0. The van der Waals surface area contributed by atoms with Gasteiger partial charge in [-0.1, -0.05) is 19.1 Å². The maximum Gasteiger partial charge on any atom is 0.450 e. The fourth-order valence-electron chi connectivity index (χ4n) is 4.53. The molecule has 1 aliphatic carbocycles. The van der Waals surface area contributed by atoms with Crippen molar-refractivity contribution < 1.29 is 31.9 Å². The van der Waals surface area contributed by atoms with Crippen LogP contribution in [0.1, 0.15) is 35.0 Å². The van der Waals surface area contributed by atoms with Gasteiger partial charge in [0, 0.05) is 12.3 Å². The van der Waals surface area contributed by atoms with Crippen LogP contribution in [-0.4, -0.2) is 19.7 Å². The number of benzene rings is 2. The number of pyridine rings is 1. The molecule has 1 unspecified atom stereocenters. The van der Waals surface area contributed by atoms with E-state index in [0.29, 0.717) is 27.5 Å². The van der Waals surface area contributed by atoms with E-state index in [1.807, 2.05) is 6.07 Å². The monoisotopic (exact) mass is 520 g/mol. The van der Waals surface area contributed by atoms with Crippen LogP contribution in [0, 0.1) is 29.4 Å². The minimum Gasteiger partial charge on any atom is -0.473 e. The summed E-state index contributed by atoms with van der Waals surface area (Å²) >= 11 is 0. The Morgan fingerprint density at radius 2 is 1.86 bits per heavy atom. The second kappa shape index (κ2) is 10.1. The van der Waals surface area contributed by atoms with Crippen molar-refractivity contribution in [1.82, 2.24) is 14.5 Å². The van der Waals surface area contributed by atoms with Crippen LogP contribution in [0.3, 0.4) is 0 Å². The molecule has 0 aliphatic heterocycles. The largest absolute Gasteiger partial charge is 0.473 e. The summed E-state index contributed by atoms with van der Waals surface area (Å²) in [6, 6.07) is 8.34. The molecule has 0 amide bonds. The summed E-state index contributed by atoms with van der Waals surface area (Å²) in [5.74, 6) is -3.00. The highest BCUT2D eigenvalue weighted by Crippen LogP contribution is 2.36. The number of rotatable bonds is 4. The van der Waals surface area contributed by atoms with Crippen molar-refractivity contribution in [3.05, 3.63) is 87.2 Å². The zero-order chi connectivity index (χ0) is 26.9. The van der Waals surface area contributed by atoms with E-state index in [9.17, 15) is 22.0 Å². The normalized spacial score (nSPS) is 14.7. The number of aromatic nitrogens is 3. The number of halogens is 5. The molecular weight excluding hydrogens is 499 g/mol. The van der Waals surface area contributed by atoms with Crippen molar-refractivity contribution >= 4 is 11.0 Å². The molecule has 7 nitrogen and oxygen atoms in total. The maximum atomic E-state index is 14.6. The summed E-state index contributed by atoms with van der Waals surface area (Å²) in [4.78, 5) is 16.0. The van der Waals surface area contributed by atoms with Gasteiger partial charge in [-0.25, -0.2) is 18.7 Å². The predicted molar refractivity (Wildman–Crippen MR) is 123 cm³/mol. The average Bonchev–Trinajstić information content (AvgIpc) is 3.41. The molecule has 1 atom stereocenters. The smallest absolute Gasteiger partial charge is 0.450 e. The lowest BCUT2D eigenvalue weighted by Crippen LogP contribution is -2.15. The SMILES string of the molecule is Cc1c(COc2cc3c(cn2)CC(C)C3)cccc1-n1c(C(F)(F)F)nc2ccc(F)c(F)c21.O=NO. The summed E-state index contributed by atoms with van der Waals surface area (Å²) in [7, 11) is 0. The van der Waals surface area contributed by atoms with Crippen LogP contribution in [0.5, 0.6) is 5.88 Å². The molecule has 0 saturated heterocycles. The third kappa shape index (κ3) is 5.09. The van der Waals surface area contributed by atoms with E-state index in [1.165, 1.54) is 22.5 Å². The number of alkyl halides is 3. The van der Waals surface area contributed by atoms with Crippen molar-refractivity contribution in [2.24, 2.45) is 11.3 Å². The molecule has 0 saturated carbocycles. The Morgan fingerprint density at radius 3 is 2.57 bits per heavy atom. The van der Waals surface area contributed by atoms with Crippen LogP contribution in [0.25, 0.3) is 16.7 Å². The highest BCUT2D eigenvalue weighted by Gasteiger charge is 2.39. The van der Waals surface area contributed by atoms with Gasteiger partial charge in [0.15, 0.2) is 17.0 Å². The third-order valence-electron chi connectivity index (χ3n) is 6.19. The second-order valence-electron chi connectivity index (χ2n) is 8.73. The Kier molecular flexibility index (Phi) is 7.10. The lowest BCUT2D eigenvalue weighted by molar-refractivity contribution is -0.145. The van der Waals surface area contributed by atoms with E-state index in [0.717, 1.165) is 25.0 Å². The molecule has 0 bridgehead atoms. The van der Waals surface area contributed by atoms with Gasteiger partial charge in [-0.2, -0.15) is 13.2 Å². The van der Waals surface area contributed by atoms with E-state index in [4.69, 9.17) is 14.9 Å². The van der Waals surface area contributed by atoms with Crippen LogP contribution in [0.2, 0.25) is 0 Å². The van der Waals surface area contributed by atoms with E-state index in [-0.39, 0.29) is 17.8 Å². The number of nitrogens with zero attached hydrogens (tertiary/aromatic N) is 4. The maximum absolute atomic E-state index is 14.6. The van der Waals surface area contributed by atoms with Crippen LogP contribution in [0.15, 0.2) is 47.9 Å². The van der Waals surface area contributed by atoms with Gasteiger partial charge in [-0.15, -0.1) is 4.91 Å². The van der Waals surface area contributed by atoms with Crippen LogP contribution in [0.4, 0.5) is 22.0 Å². The number of imidazole rings is 1. The number of hydrogen-bond acceptors (Lipinski definition) is 5. The van der Waals surface area contributed by atoms with Crippen molar-refractivity contribution in [3.63, 3.8) is 0 Å². The quantitative estimate of drug-likeness (QED) is 0.189. The van der Waals surface area contributed by atoms with Crippen LogP contribution >= 0.6 is 0 Å². The first-order valence-electron chi connectivity index (χ1n) is 11.1. The van der Waals surface area contributed by atoms with Crippen LogP contribution < -0.4 is 4.74 Å². The molecule has 37 heavy (non-hydrogen) atoms. The number of ether oxygens (including phenoxy) is 1. The van der Waals surface area contributed by atoms with E-state index in [2.05, 4.69) is 16.9 Å². The second-order valence-corrected chi connectivity index (χ2v) is 8.73. The number of fused-ring (bicyclic) bond motifs is 2. The zero-order valence-electron chi connectivity index (χ0n) is 19.7. The van der Waals surface area contributed by atoms with Crippen LogP contribution in [-0.2, 0) is 25.6 Å². The molecule has 0 fully saturated rings. The minimum atomic E-state index is -4.88. The zero-order valence-corrected chi connectivity index (χ0v) is 19.7. The molecular formula is C25H21F5N4O3. The lowest BCUT2D eigenvalue weighted by Gasteiger charge is -2.17. The first-order valence-corrected chi connectivity index (χ1v) is 11.1. The van der Waals surface area contributed by atoms with Gasteiger partial charge in [0.2, 0.25) is 11.7 Å². The van der Waals surface area contributed by atoms with Gasteiger partial charge >= 0.3 is 6.18 Å². The summed E-state index contributed by atoms with van der Waals surface area (Å²) in [6.07, 6.45) is -1.17. The fraction of sp³-hybridized carbons (Fsp3) is 0.280. The molecule has 194 valence electrons. The van der Waals surface area contributed by atoms with Gasteiger partial charge in [-0.3, -0.25) is 4.57 Å². The summed E-state index contributed by atoms with van der Waals surface area (Å²) in [6.45, 7) is 3.82. The molecule has 4 aromatic rings. The van der Waals surface area contributed by atoms with E-state index >= 15 is 0 Å². The minimum absolute atomic E-state index is 0.0381. The summed E-state index contributed by atoms with van der Waals surface area (Å²) in [5.41, 5.74) is 2.56. The summed E-state index contributed by atoms with van der Waals surface area (Å²) in [5, 5.41) is 7.89. The van der Waals surface area contributed by atoms with Crippen molar-refractivity contribution in [1.29, 1.82) is 0 Å². The first-order chi connectivity index (χ1) is 17.5. The molecule has 0 spiro atoms. The molecule has 5 rings (SSSR count). The fourth-order valence-corrected chi connectivity index (χ4v) is 4.53.